The summed E-state index contributed by atoms with van der Waals surface area (Å²) in [4.78, 5) is 13.3. The summed E-state index contributed by atoms with van der Waals surface area (Å²) in [5.74, 6) is -1.46. The van der Waals surface area contributed by atoms with Crippen molar-refractivity contribution in [3.05, 3.63) is 108 Å². The van der Waals surface area contributed by atoms with Crippen LogP contribution in [0.25, 0.3) is 0 Å². The van der Waals surface area contributed by atoms with E-state index < -0.39 is 96.2 Å². The molecule has 5 fully saturated rings. The Balaban J connectivity index is 1.20. The lowest BCUT2D eigenvalue weighted by Crippen LogP contribution is -2.69. The summed E-state index contributed by atoms with van der Waals surface area (Å²) in [7, 11) is -6.30. The first-order valence-electron chi connectivity index (χ1n) is 25.2. The number of carbonyl (C=O) groups is 1. The summed E-state index contributed by atoms with van der Waals surface area (Å²) >= 11 is 0. The highest BCUT2D eigenvalue weighted by Crippen LogP contribution is 2.54. The van der Waals surface area contributed by atoms with Gasteiger partial charge in [0.05, 0.1) is 26.4 Å². The topological polar surface area (TPSA) is 139 Å². The molecule has 2 saturated carbocycles. The Morgan fingerprint density at radius 3 is 1.62 bits per heavy atom. The molecule has 0 amide bonds. The number of benzene rings is 3. The molecule has 8 rings (SSSR count). The number of fused-ring (bicyclic) bond motifs is 3. The molecule has 0 radical (unpaired) electrons. The number of hydrogen-bond acceptors (Lipinski definition) is 13. The summed E-state index contributed by atoms with van der Waals surface area (Å²) in [6, 6.07) is 29.6. The van der Waals surface area contributed by atoms with Crippen molar-refractivity contribution in [2.45, 2.75) is 210 Å². The van der Waals surface area contributed by atoms with Crippen LogP contribution in [0.2, 0.25) is 22.2 Å². The van der Waals surface area contributed by atoms with Gasteiger partial charge in [0.25, 0.3) is 0 Å². The molecule has 11 atom stereocenters. The lowest BCUT2D eigenvalue weighted by atomic mass is 9.84. The number of aliphatic hydroxyl groups excluding tert-OH is 1. The molecule has 0 bridgehead atoms. The molecular weight excluding hydrogens is 901 g/mol. The van der Waals surface area contributed by atoms with Crippen LogP contribution in [0.4, 0.5) is 0 Å². The van der Waals surface area contributed by atoms with Gasteiger partial charge >= 0.3 is 23.1 Å². The van der Waals surface area contributed by atoms with Crippen molar-refractivity contribution in [1.29, 1.82) is 0 Å². The third-order valence-electron chi connectivity index (χ3n) is 14.6. The minimum absolute atomic E-state index is 0.0194. The molecule has 3 aliphatic heterocycles. The van der Waals surface area contributed by atoms with Crippen molar-refractivity contribution in [1.82, 2.24) is 0 Å². The SMILES string of the molecule is CC(=O)O[C@@H]1[C@@H](O[C@@H]2[C@@H](O)[C@@H]3O[Si](C(C)C)(C(C)C)O[Si](C(C)C)(C(C)C)O[C@H]3[C@H]3OC4(CCCCC4)O[C@H]32)O[C@H](COCc2ccccc2)[C@@H](OCc2ccccc2)[C@@H]1OCc1ccccc1. The molecule has 13 nitrogen and oxygen atoms in total. The summed E-state index contributed by atoms with van der Waals surface area (Å²) in [5, 5.41) is 13.2. The minimum atomic E-state index is -3.19. The van der Waals surface area contributed by atoms with Crippen molar-refractivity contribution >= 4 is 23.1 Å². The maximum atomic E-state index is 13.3. The van der Waals surface area contributed by atoms with Crippen LogP contribution >= 0.6 is 0 Å². The zero-order valence-electron chi connectivity index (χ0n) is 41.5. The van der Waals surface area contributed by atoms with E-state index in [1.54, 1.807) is 0 Å². The number of hydrogen-bond donors (Lipinski definition) is 1. The number of aliphatic hydroxyl groups is 1. The molecule has 3 aromatic rings. The van der Waals surface area contributed by atoms with Gasteiger partial charge in [-0.25, -0.2) is 0 Å². The minimum Gasteiger partial charge on any atom is -0.454 e. The molecule has 68 heavy (non-hydrogen) atoms. The average molecular weight is 977 g/mol. The molecule has 1 N–H and O–H groups in total. The summed E-state index contributed by atoms with van der Waals surface area (Å²) in [5.41, 5.74) is 3.03. The van der Waals surface area contributed by atoms with E-state index in [0.717, 1.165) is 36.0 Å². The van der Waals surface area contributed by atoms with E-state index in [9.17, 15) is 9.90 Å². The van der Waals surface area contributed by atoms with Crippen LogP contribution in [0.3, 0.4) is 0 Å². The highest BCUT2D eigenvalue weighted by molar-refractivity contribution is 6.84. The third-order valence-corrected chi connectivity index (χ3v) is 24.9. The third kappa shape index (κ3) is 11.0. The van der Waals surface area contributed by atoms with Crippen LogP contribution in [0.5, 0.6) is 0 Å². The van der Waals surface area contributed by atoms with Gasteiger partial charge in [0.15, 0.2) is 18.2 Å². The summed E-state index contributed by atoms with van der Waals surface area (Å²) in [6.45, 7) is 19.6. The Hall–Kier alpha value is -2.88. The fraction of sp³-hybridized carbons (Fsp3) is 0.642. The zero-order valence-corrected chi connectivity index (χ0v) is 43.5. The van der Waals surface area contributed by atoms with E-state index >= 15 is 0 Å². The molecule has 0 aromatic heterocycles. The van der Waals surface area contributed by atoms with E-state index in [1.807, 2.05) is 91.0 Å². The van der Waals surface area contributed by atoms with Crippen LogP contribution in [0.15, 0.2) is 91.0 Å². The summed E-state index contributed by atoms with van der Waals surface area (Å²) in [6.07, 6.45) is -6.12. The largest absolute Gasteiger partial charge is 0.454 e. The maximum Gasteiger partial charge on any atom is 0.335 e. The second-order valence-corrected chi connectivity index (χ2v) is 29.5. The molecule has 3 aromatic carbocycles. The molecule has 3 heterocycles. The van der Waals surface area contributed by atoms with Crippen LogP contribution in [-0.2, 0) is 75.5 Å². The van der Waals surface area contributed by atoms with Crippen molar-refractivity contribution in [3.63, 3.8) is 0 Å². The fourth-order valence-corrected chi connectivity index (χ4v) is 22.4. The Morgan fingerprint density at radius 1 is 0.618 bits per heavy atom. The molecule has 15 heteroatoms. The van der Waals surface area contributed by atoms with Gasteiger partial charge in [-0.05, 0) is 51.7 Å². The van der Waals surface area contributed by atoms with Crippen LogP contribution in [0.1, 0.15) is 111 Å². The lowest BCUT2D eigenvalue weighted by molar-refractivity contribution is -0.346. The zero-order chi connectivity index (χ0) is 48.2. The Kier molecular flexibility index (Phi) is 16.9. The van der Waals surface area contributed by atoms with E-state index in [2.05, 4.69) is 55.4 Å². The second-order valence-electron chi connectivity index (χ2n) is 20.7. The predicted molar refractivity (Wildman–Crippen MR) is 260 cm³/mol. The number of carbonyl (C=O) groups excluding carboxylic acids is 1. The molecule has 5 aliphatic rings. The Bertz CT molecular complexity index is 2020. The van der Waals surface area contributed by atoms with Crippen LogP contribution in [-0.4, -0.2) is 108 Å². The van der Waals surface area contributed by atoms with Crippen molar-refractivity contribution in [2.24, 2.45) is 0 Å². The van der Waals surface area contributed by atoms with Crippen molar-refractivity contribution in [2.75, 3.05) is 6.61 Å². The Morgan fingerprint density at radius 2 is 1.10 bits per heavy atom. The molecule has 3 saturated heterocycles. The normalized spacial score (nSPS) is 32.0. The molecule has 374 valence electrons. The van der Waals surface area contributed by atoms with Gasteiger partial charge in [0, 0.05) is 19.8 Å². The van der Waals surface area contributed by atoms with E-state index in [-0.39, 0.29) is 42.0 Å². The first-order valence-corrected chi connectivity index (χ1v) is 29.1. The molecule has 0 unspecified atom stereocenters. The van der Waals surface area contributed by atoms with Gasteiger partial charge in [-0.3, -0.25) is 4.79 Å². The van der Waals surface area contributed by atoms with E-state index in [0.29, 0.717) is 19.4 Å². The van der Waals surface area contributed by atoms with Gasteiger partial charge in [-0.1, -0.05) is 153 Å². The van der Waals surface area contributed by atoms with Gasteiger partial charge in [-0.2, -0.15) is 0 Å². The van der Waals surface area contributed by atoms with Gasteiger partial charge < -0.3 is 56.0 Å². The summed E-state index contributed by atoms with van der Waals surface area (Å²) < 4.78 is 77.5. The highest BCUT2D eigenvalue weighted by atomic mass is 28.5. The van der Waals surface area contributed by atoms with Crippen LogP contribution in [0, 0.1) is 0 Å². The molecule has 1 spiro atoms. The number of esters is 1. The quantitative estimate of drug-likeness (QED) is 0.102. The monoisotopic (exact) mass is 976 g/mol. The highest BCUT2D eigenvalue weighted by Gasteiger charge is 2.69. The smallest absolute Gasteiger partial charge is 0.335 e. The van der Waals surface area contributed by atoms with Gasteiger partial charge in [-0.15, -0.1) is 0 Å². The molecular formula is C53H76O13Si2. The Labute approximate surface area is 406 Å². The second kappa shape index (κ2) is 22.3. The lowest BCUT2D eigenvalue weighted by Gasteiger charge is -2.50. The van der Waals surface area contributed by atoms with Gasteiger partial charge in [0.2, 0.25) is 0 Å². The first kappa shape index (κ1) is 51.5. The van der Waals surface area contributed by atoms with E-state index in [1.165, 1.54) is 6.92 Å². The van der Waals surface area contributed by atoms with Crippen LogP contribution < -0.4 is 0 Å². The van der Waals surface area contributed by atoms with E-state index in [4.69, 9.17) is 50.9 Å². The van der Waals surface area contributed by atoms with Gasteiger partial charge in [0.1, 0.15) is 54.9 Å². The average Bonchev–Trinajstić information content (AvgIpc) is 3.57. The number of ether oxygens (including phenoxy) is 8. The number of rotatable bonds is 17. The predicted octanol–water partition coefficient (Wildman–Crippen LogP) is 9.56. The maximum absolute atomic E-state index is 13.3. The molecule has 2 aliphatic carbocycles. The van der Waals surface area contributed by atoms with Crippen molar-refractivity contribution < 1.29 is 60.8 Å². The standard InChI is InChI=1S/C53H76O13Si2/c1-34(2)67(35(3)4)64-46-43(55)45(48-49(63-53(62-48)28-20-13-21-29-53)50(46)65-68(66-67,36(5)6)37(7)8)61-52-51(59-38(9)54)47(58-32-41-26-18-12-19-27-41)44(57-31-40-24-16-11-17-25-40)42(60-52)33-56-30-39-22-14-10-15-23-39/h10-12,14-19,22-27,34-37,42-52,55H,13,20-21,28-33H2,1-9H3/t42-,43-,44-,45-,46+,47+,48+,49+,50-,51+,52-/m1/s1. The first-order chi connectivity index (χ1) is 32.6. The fourth-order valence-electron chi connectivity index (χ4n) is 11.1. The van der Waals surface area contributed by atoms with Crippen molar-refractivity contribution in [3.8, 4) is 0 Å².